The van der Waals surface area contributed by atoms with Gasteiger partial charge in [0.15, 0.2) is 6.29 Å². The van der Waals surface area contributed by atoms with Gasteiger partial charge in [0, 0.05) is 18.0 Å². The highest BCUT2D eigenvalue weighted by molar-refractivity contribution is 5.85. The third-order valence-corrected chi connectivity index (χ3v) is 1.60. The number of aldehydes is 1. The Morgan fingerprint density at radius 1 is 1.45 bits per heavy atom. The molecule has 0 aliphatic heterocycles. The largest absolute Gasteiger partial charge is 0.298 e. The summed E-state index contributed by atoms with van der Waals surface area (Å²) in [4.78, 5) is 10.4. The number of aromatic nitrogens is 2. The summed E-state index contributed by atoms with van der Waals surface area (Å²) >= 11 is 0. The first-order chi connectivity index (χ1) is 5.42. The first-order valence-electron chi connectivity index (χ1n) is 3.29. The van der Waals surface area contributed by atoms with Crippen LogP contribution in [0, 0.1) is 0 Å². The van der Waals surface area contributed by atoms with Crippen LogP contribution in [-0.2, 0) is 0 Å². The van der Waals surface area contributed by atoms with E-state index < -0.39 is 0 Å². The molecule has 0 aliphatic rings. The molecule has 3 heteroatoms. The SMILES string of the molecule is O=Cc1ccn2ncccc12. The number of hydrogen-bond donors (Lipinski definition) is 0. The fourth-order valence-corrected chi connectivity index (χ4v) is 1.07. The molecule has 3 nitrogen and oxygen atoms in total. The van der Waals surface area contributed by atoms with E-state index in [1.807, 2.05) is 12.1 Å². The van der Waals surface area contributed by atoms with E-state index in [0.29, 0.717) is 5.56 Å². The zero-order chi connectivity index (χ0) is 7.68. The summed E-state index contributed by atoms with van der Waals surface area (Å²) in [6.07, 6.45) is 4.28. The van der Waals surface area contributed by atoms with Crippen molar-refractivity contribution in [2.24, 2.45) is 0 Å². The van der Waals surface area contributed by atoms with Crippen molar-refractivity contribution in [1.82, 2.24) is 9.61 Å². The smallest absolute Gasteiger partial charge is 0.152 e. The van der Waals surface area contributed by atoms with E-state index in [9.17, 15) is 4.79 Å². The summed E-state index contributed by atoms with van der Waals surface area (Å²) < 4.78 is 1.67. The maximum absolute atomic E-state index is 10.4. The van der Waals surface area contributed by atoms with Crippen molar-refractivity contribution in [1.29, 1.82) is 0 Å². The van der Waals surface area contributed by atoms with Crippen LogP contribution >= 0.6 is 0 Å². The van der Waals surface area contributed by atoms with Crippen molar-refractivity contribution >= 4 is 11.8 Å². The molecule has 0 atom stereocenters. The van der Waals surface area contributed by atoms with Crippen molar-refractivity contribution in [2.45, 2.75) is 0 Å². The molecule has 0 spiro atoms. The topological polar surface area (TPSA) is 34.4 Å². The molecule has 0 amide bonds. The Kier molecular flexibility index (Phi) is 1.22. The number of fused-ring (bicyclic) bond motifs is 1. The fraction of sp³-hybridized carbons (Fsp3) is 0. The zero-order valence-corrected chi connectivity index (χ0v) is 5.77. The molecule has 2 aromatic rings. The minimum atomic E-state index is 0.679. The number of hydrogen-bond acceptors (Lipinski definition) is 2. The van der Waals surface area contributed by atoms with Crippen molar-refractivity contribution in [3.05, 3.63) is 36.2 Å². The van der Waals surface area contributed by atoms with Gasteiger partial charge in [0.1, 0.15) is 0 Å². The second-order valence-corrected chi connectivity index (χ2v) is 2.24. The standard InChI is InChI=1S/C8H6N2O/c11-6-7-3-5-10-8(7)2-1-4-9-10/h1-6H. The van der Waals surface area contributed by atoms with Crippen molar-refractivity contribution < 1.29 is 4.79 Å². The molecule has 0 aliphatic carbocycles. The lowest BCUT2D eigenvalue weighted by Gasteiger charge is -1.90. The molecule has 0 aromatic carbocycles. The Bertz CT molecular complexity index is 392. The van der Waals surface area contributed by atoms with E-state index in [4.69, 9.17) is 0 Å². The normalized spacial score (nSPS) is 10.2. The number of carbonyl (C=O) groups excluding carboxylic acids is 1. The molecule has 2 heterocycles. The summed E-state index contributed by atoms with van der Waals surface area (Å²) in [5, 5.41) is 4.01. The first kappa shape index (κ1) is 6.09. The predicted octanol–water partition coefficient (Wildman–Crippen LogP) is 1.15. The van der Waals surface area contributed by atoms with Crippen LogP contribution in [0.4, 0.5) is 0 Å². The van der Waals surface area contributed by atoms with Gasteiger partial charge < -0.3 is 0 Å². The summed E-state index contributed by atoms with van der Waals surface area (Å²) in [7, 11) is 0. The van der Waals surface area contributed by atoms with E-state index in [1.54, 1.807) is 23.0 Å². The third-order valence-electron chi connectivity index (χ3n) is 1.60. The van der Waals surface area contributed by atoms with Gasteiger partial charge in [-0.3, -0.25) is 4.79 Å². The Labute approximate surface area is 63.3 Å². The molecule has 0 radical (unpaired) electrons. The van der Waals surface area contributed by atoms with Gasteiger partial charge in [0.05, 0.1) is 5.52 Å². The molecule has 0 saturated heterocycles. The summed E-state index contributed by atoms with van der Waals surface area (Å²) in [5.74, 6) is 0. The molecule has 11 heavy (non-hydrogen) atoms. The van der Waals surface area contributed by atoms with Crippen LogP contribution in [0.2, 0.25) is 0 Å². The van der Waals surface area contributed by atoms with E-state index in [0.717, 1.165) is 11.8 Å². The van der Waals surface area contributed by atoms with Gasteiger partial charge in [-0.1, -0.05) is 0 Å². The predicted molar refractivity (Wildman–Crippen MR) is 40.6 cm³/mol. The lowest BCUT2D eigenvalue weighted by atomic mass is 10.3. The quantitative estimate of drug-likeness (QED) is 0.565. The van der Waals surface area contributed by atoms with E-state index in [-0.39, 0.29) is 0 Å². The number of carbonyl (C=O) groups is 1. The highest BCUT2D eigenvalue weighted by Crippen LogP contribution is 2.06. The molecule has 2 rings (SSSR count). The van der Waals surface area contributed by atoms with Crippen LogP contribution in [0.1, 0.15) is 10.4 Å². The van der Waals surface area contributed by atoms with Gasteiger partial charge in [-0.25, -0.2) is 4.52 Å². The molecule has 0 N–H and O–H groups in total. The maximum Gasteiger partial charge on any atom is 0.152 e. The first-order valence-corrected chi connectivity index (χ1v) is 3.29. The summed E-state index contributed by atoms with van der Waals surface area (Å²) in [6, 6.07) is 5.41. The van der Waals surface area contributed by atoms with Gasteiger partial charge in [0.2, 0.25) is 0 Å². The highest BCUT2D eigenvalue weighted by Gasteiger charge is 1.98. The van der Waals surface area contributed by atoms with E-state index >= 15 is 0 Å². The second-order valence-electron chi connectivity index (χ2n) is 2.24. The molecule has 0 bridgehead atoms. The fourth-order valence-electron chi connectivity index (χ4n) is 1.07. The zero-order valence-electron chi connectivity index (χ0n) is 5.77. The van der Waals surface area contributed by atoms with Gasteiger partial charge in [-0.05, 0) is 18.2 Å². The van der Waals surface area contributed by atoms with Crippen molar-refractivity contribution in [3.8, 4) is 0 Å². The molecule has 54 valence electrons. The van der Waals surface area contributed by atoms with E-state index in [2.05, 4.69) is 5.10 Å². The molecular formula is C8H6N2O. The summed E-state index contributed by atoms with van der Waals surface area (Å²) in [6.45, 7) is 0. The summed E-state index contributed by atoms with van der Waals surface area (Å²) in [5.41, 5.74) is 1.53. The van der Waals surface area contributed by atoms with Crippen LogP contribution in [0.5, 0.6) is 0 Å². The average molecular weight is 146 g/mol. The number of nitrogens with zero attached hydrogens (tertiary/aromatic N) is 2. The van der Waals surface area contributed by atoms with Gasteiger partial charge in [-0.2, -0.15) is 5.10 Å². The lowest BCUT2D eigenvalue weighted by Crippen LogP contribution is -1.87. The van der Waals surface area contributed by atoms with Crippen LogP contribution in [0.15, 0.2) is 30.6 Å². The Balaban J connectivity index is 2.86. The molecule has 0 saturated carbocycles. The van der Waals surface area contributed by atoms with E-state index in [1.165, 1.54) is 0 Å². The van der Waals surface area contributed by atoms with Crippen molar-refractivity contribution in [2.75, 3.05) is 0 Å². The molecule has 2 aromatic heterocycles. The Morgan fingerprint density at radius 2 is 2.36 bits per heavy atom. The van der Waals surface area contributed by atoms with Gasteiger partial charge in [-0.15, -0.1) is 0 Å². The van der Waals surface area contributed by atoms with Crippen LogP contribution in [0.25, 0.3) is 5.52 Å². The van der Waals surface area contributed by atoms with Crippen LogP contribution in [-0.4, -0.2) is 15.9 Å². The molecular weight excluding hydrogens is 140 g/mol. The van der Waals surface area contributed by atoms with Gasteiger partial charge in [0.25, 0.3) is 0 Å². The Hall–Kier alpha value is -1.64. The molecule has 0 fully saturated rings. The number of rotatable bonds is 1. The minimum absolute atomic E-state index is 0.679. The third kappa shape index (κ3) is 0.816. The maximum atomic E-state index is 10.4. The Morgan fingerprint density at radius 3 is 3.18 bits per heavy atom. The van der Waals surface area contributed by atoms with Gasteiger partial charge >= 0.3 is 0 Å². The molecule has 0 unspecified atom stereocenters. The van der Waals surface area contributed by atoms with Crippen LogP contribution < -0.4 is 0 Å². The van der Waals surface area contributed by atoms with Crippen LogP contribution in [0.3, 0.4) is 0 Å². The second kappa shape index (κ2) is 2.20. The van der Waals surface area contributed by atoms with Crippen molar-refractivity contribution in [3.63, 3.8) is 0 Å². The monoisotopic (exact) mass is 146 g/mol. The minimum Gasteiger partial charge on any atom is -0.298 e. The average Bonchev–Trinajstić information content (AvgIpc) is 2.47. The lowest BCUT2D eigenvalue weighted by molar-refractivity contribution is 0.112. The highest BCUT2D eigenvalue weighted by atomic mass is 16.1.